The van der Waals surface area contributed by atoms with Crippen LogP contribution in [0.4, 0.5) is 0 Å². The first-order chi connectivity index (χ1) is 14.4. The molecule has 0 bridgehead atoms. The van der Waals surface area contributed by atoms with Crippen LogP contribution < -0.4 is 10.1 Å². The van der Waals surface area contributed by atoms with Crippen LogP contribution in [0.5, 0.6) is 5.75 Å². The number of nitrogens with one attached hydrogen (secondary N) is 1. The summed E-state index contributed by atoms with van der Waals surface area (Å²) < 4.78 is 16.9. The average Bonchev–Trinajstić information content (AvgIpc) is 3.44. The molecule has 0 atom stereocenters. The van der Waals surface area contributed by atoms with Gasteiger partial charge in [0.1, 0.15) is 35.3 Å². The number of hydrogen-bond donors (Lipinski definition) is 1. The Morgan fingerprint density at radius 2 is 1.97 bits per heavy atom. The molecule has 1 aliphatic rings. The minimum Gasteiger partial charge on any atom is -0.486 e. The van der Waals surface area contributed by atoms with E-state index in [1.807, 2.05) is 26.0 Å². The summed E-state index contributed by atoms with van der Waals surface area (Å²) in [5.41, 5.74) is 2.26. The number of carbonyl (C=O) groups excluding carboxylic acids is 1. The van der Waals surface area contributed by atoms with Crippen molar-refractivity contribution in [2.75, 3.05) is 0 Å². The SMILES string of the molecule is Cc1cc(OCc2ccc(C=C3NC(=S)N(Cc4ccco4)C3=O)o2)cc(C)c1Cl. The second-order valence-corrected chi connectivity index (χ2v) is 7.69. The number of rotatable bonds is 6. The molecule has 2 aromatic heterocycles. The van der Waals surface area contributed by atoms with Crippen molar-refractivity contribution in [3.05, 3.63) is 81.8 Å². The zero-order chi connectivity index (χ0) is 21.3. The highest BCUT2D eigenvalue weighted by Crippen LogP contribution is 2.27. The maximum absolute atomic E-state index is 12.6. The molecular weight excluding hydrogens is 424 g/mol. The molecule has 1 saturated heterocycles. The van der Waals surface area contributed by atoms with Crippen LogP contribution in [0.25, 0.3) is 6.08 Å². The Bertz CT molecular complexity index is 1110. The zero-order valence-electron chi connectivity index (χ0n) is 16.4. The quantitative estimate of drug-likeness (QED) is 0.429. The molecule has 1 amide bonds. The molecule has 1 aliphatic heterocycles. The molecule has 0 saturated carbocycles. The fraction of sp³-hybridized carbons (Fsp3) is 0.182. The third-order valence-electron chi connectivity index (χ3n) is 4.62. The molecule has 0 spiro atoms. The van der Waals surface area contributed by atoms with Crippen molar-refractivity contribution >= 4 is 40.9 Å². The van der Waals surface area contributed by atoms with Gasteiger partial charge in [0, 0.05) is 11.1 Å². The first-order valence-electron chi connectivity index (χ1n) is 9.26. The van der Waals surface area contributed by atoms with Crippen LogP contribution in [0.3, 0.4) is 0 Å². The van der Waals surface area contributed by atoms with E-state index in [0.717, 1.165) is 21.9 Å². The number of carbonyl (C=O) groups is 1. The van der Waals surface area contributed by atoms with Crippen molar-refractivity contribution in [2.24, 2.45) is 0 Å². The predicted octanol–water partition coefficient (Wildman–Crippen LogP) is 4.98. The lowest BCUT2D eigenvalue weighted by molar-refractivity contribution is -0.122. The number of hydrogen-bond acceptors (Lipinski definition) is 5. The standard InChI is InChI=1S/C22H19ClN2O4S/c1-13-8-18(9-14(2)20(13)23)28-12-17-6-5-15(29-17)10-19-21(26)25(22(30)24-19)11-16-4-3-7-27-16/h3-10H,11-12H2,1-2H3,(H,24,30). The fourth-order valence-corrected chi connectivity index (χ4v) is 3.48. The number of aryl methyl sites for hydroxylation is 2. The molecule has 0 aliphatic carbocycles. The van der Waals surface area contributed by atoms with Gasteiger partial charge in [-0.15, -0.1) is 0 Å². The van der Waals surface area contributed by atoms with E-state index in [4.69, 9.17) is 37.4 Å². The van der Waals surface area contributed by atoms with Gasteiger partial charge in [-0.3, -0.25) is 9.69 Å². The lowest BCUT2D eigenvalue weighted by atomic mass is 10.1. The lowest BCUT2D eigenvalue weighted by Crippen LogP contribution is -2.29. The molecule has 1 aromatic carbocycles. The van der Waals surface area contributed by atoms with Crippen LogP contribution in [0.2, 0.25) is 5.02 Å². The number of amides is 1. The number of benzene rings is 1. The molecular formula is C22H19ClN2O4S. The summed E-state index contributed by atoms with van der Waals surface area (Å²) >= 11 is 11.5. The fourth-order valence-electron chi connectivity index (χ4n) is 3.11. The molecule has 3 aromatic rings. The number of furan rings is 2. The van der Waals surface area contributed by atoms with E-state index >= 15 is 0 Å². The van der Waals surface area contributed by atoms with Crippen LogP contribution in [0, 0.1) is 13.8 Å². The van der Waals surface area contributed by atoms with Gasteiger partial charge in [-0.25, -0.2) is 0 Å². The van der Waals surface area contributed by atoms with Crippen LogP contribution in [0.15, 0.2) is 57.2 Å². The van der Waals surface area contributed by atoms with E-state index in [0.29, 0.717) is 28.1 Å². The van der Waals surface area contributed by atoms with Crippen LogP contribution in [-0.4, -0.2) is 15.9 Å². The molecule has 154 valence electrons. The van der Waals surface area contributed by atoms with E-state index in [-0.39, 0.29) is 19.1 Å². The zero-order valence-corrected chi connectivity index (χ0v) is 18.0. The maximum Gasteiger partial charge on any atom is 0.277 e. The molecule has 0 radical (unpaired) electrons. The molecule has 4 rings (SSSR count). The maximum atomic E-state index is 12.6. The van der Waals surface area contributed by atoms with Crippen LogP contribution in [-0.2, 0) is 17.9 Å². The average molecular weight is 443 g/mol. The summed E-state index contributed by atoms with van der Waals surface area (Å²) in [6.45, 7) is 4.40. The second-order valence-electron chi connectivity index (χ2n) is 6.92. The van der Waals surface area contributed by atoms with Crippen molar-refractivity contribution in [3.8, 4) is 5.75 Å². The number of thiocarbonyl (C=S) groups is 1. The Labute approximate surface area is 184 Å². The molecule has 3 heterocycles. The third kappa shape index (κ3) is 4.27. The normalized spacial score (nSPS) is 15.2. The third-order valence-corrected chi connectivity index (χ3v) is 5.54. The second kappa shape index (κ2) is 8.38. The predicted molar refractivity (Wildman–Crippen MR) is 117 cm³/mol. The Morgan fingerprint density at radius 1 is 1.20 bits per heavy atom. The summed E-state index contributed by atoms with van der Waals surface area (Å²) in [6, 6.07) is 10.9. The highest BCUT2D eigenvalue weighted by molar-refractivity contribution is 7.80. The van der Waals surface area contributed by atoms with Crippen molar-refractivity contribution in [1.82, 2.24) is 10.2 Å². The minimum absolute atomic E-state index is 0.238. The molecule has 8 heteroatoms. The Morgan fingerprint density at radius 3 is 2.67 bits per heavy atom. The summed E-state index contributed by atoms with van der Waals surface area (Å²) in [4.78, 5) is 14.1. The summed E-state index contributed by atoms with van der Waals surface area (Å²) in [5.74, 6) is 2.29. The number of ether oxygens (including phenoxy) is 1. The van der Waals surface area contributed by atoms with Crippen LogP contribution >= 0.6 is 23.8 Å². The van der Waals surface area contributed by atoms with Gasteiger partial charge in [-0.05, 0) is 73.6 Å². The Balaban J connectivity index is 1.42. The van der Waals surface area contributed by atoms with Crippen molar-refractivity contribution in [3.63, 3.8) is 0 Å². The minimum atomic E-state index is -0.238. The summed E-state index contributed by atoms with van der Waals surface area (Å²) in [6.07, 6.45) is 3.18. The van der Waals surface area contributed by atoms with Gasteiger partial charge in [0.05, 0.1) is 12.8 Å². The van der Waals surface area contributed by atoms with Crippen molar-refractivity contribution in [2.45, 2.75) is 27.0 Å². The molecule has 0 unspecified atom stereocenters. The van der Waals surface area contributed by atoms with Gasteiger partial charge >= 0.3 is 0 Å². The van der Waals surface area contributed by atoms with Gasteiger partial charge in [0.15, 0.2) is 5.11 Å². The van der Waals surface area contributed by atoms with E-state index in [1.165, 1.54) is 4.90 Å². The number of halogens is 1. The largest absolute Gasteiger partial charge is 0.486 e. The monoisotopic (exact) mass is 442 g/mol. The van der Waals surface area contributed by atoms with E-state index < -0.39 is 0 Å². The summed E-state index contributed by atoms with van der Waals surface area (Å²) in [5, 5.41) is 3.99. The lowest BCUT2D eigenvalue weighted by Gasteiger charge is -2.11. The van der Waals surface area contributed by atoms with Gasteiger partial charge in [-0.2, -0.15) is 0 Å². The highest BCUT2D eigenvalue weighted by atomic mass is 35.5. The van der Waals surface area contributed by atoms with Crippen LogP contribution in [0.1, 0.15) is 28.4 Å². The highest BCUT2D eigenvalue weighted by Gasteiger charge is 2.31. The topological polar surface area (TPSA) is 67.8 Å². The van der Waals surface area contributed by atoms with E-state index in [9.17, 15) is 4.79 Å². The van der Waals surface area contributed by atoms with Gasteiger partial charge in [0.2, 0.25) is 0 Å². The van der Waals surface area contributed by atoms with Crippen molar-refractivity contribution < 1.29 is 18.4 Å². The Hall–Kier alpha value is -3.03. The molecule has 30 heavy (non-hydrogen) atoms. The Kier molecular flexibility index (Phi) is 5.65. The first-order valence-corrected chi connectivity index (χ1v) is 10.0. The van der Waals surface area contributed by atoms with Gasteiger partial charge in [0.25, 0.3) is 5.91 Å². The van der Waals surface area contributed by atoms with Crippen molar-refractivity contribution in [1.29, 1.82) is 0 Å². The smallest absolute Gasteiger partial charge is 0.277 e. The molecule has 1 N–H and O–H groups in total. The first kappa shape index (κ1) is 20.3. The van der Waals surface area contributed by atoms with Gasteiger partial charge < -0.3 is 18.9 Å². The van der Waals surface area contributed by atoms with Gasteiger partial charge in [-0.1, -0.05) is 11.6 Å². The number of nitrogens with zero attached hydrogens (tertiary/aromatic N) is 1. The molecule has 6 nitrogen and oxygen atoms in total. The molecule has 1 fully saturated rings. The van der Waals surface area contributed by atoms with E-state index in [2.05, 4.69) is 5.32 Å². The summed E-state index contributed by atoms with van der Waals surface area (Å²) in [7, 11) is 0. The van der Waals surface area contributed by atoms with E-state index in [1.54, 1.807) is 36.6 Å².